The number of carbonyl (C=O) groups is 1. The normalized spacial score (nSPS) is 12.2. The van der Waals surface area contributed by atoms with Crippen LogP contribution in [0.25, 0.3) is 0 Å². The van der Waals surface area contributed by atoms with Gasteiger partial charge < -0.3 is 11.1 Å². The Hall–Kier alpha value is -0.940. The Labute approximate surface area is 102 Å². The van der Waals surface area contributed by atoms with Crippen molar-refractivity contribution in [2.24, 2.45) is 5.73 Å². The minimum atomic E-state index is -0.457. The molecule has 0 saturated heterocycles. The topological polar surface area (TPSA) is 55.1 Å². The Morgan fingerprint density at radius 1 is 1.62 bits per heavy atom. The van der Waals surface area contributed by atoms with Gasteiger partial charge in [0.25, 0.3) is 0 Å². The maximum absolute atomic E-state index is 13.3. The van der Waals surface area contributed by atoms with Crippen molar-refractivity contribution < 1.29 is 9.18 Å². The monoisotopic (exact) mass is 288 g/mol. The molecule has 0 aliphatic carbocycles. The molecule has 88 valence electrons. The molecule has 0 saturated carbocycles. The van der Waals surface area contributed by atoms with Gasteiger partial charge in [-0.15, -0.1) is 0 Å². The second-order valence-electron chi connectivity index (χ2n) is 3.54. The Balaban J connectivity index is 2.65. The number of hydrogen-bond donors (Lipinski definition) is 2. The van der Waals surface area contributed by atoms with Crippen molar-refractivity contribution in [1.82, 2.24) is 0 Å². The number of nitrogens with one attached hydrogen (secondary N) is 1. The molecule has 5 heteroatoms. The third-order valence-electron chi connectivity index (χ3n) is 2.17. The molecule has 1 aromatic rings. The molecule has 1 unspecified atom stereocenters. The lowest BCUT2D eigenvalue weighted by Gasteiger charge is -2.10. The summed E-state index contributed by atoms with van der Waals surface area (Å²) in [5, 5.41) is 2.49. The van der Waals surface area contributed by atoms with Gasteiger partial charge in [-0.25, -0.2) is 4.39 Å². The van der Waals surface area contributed by atoms with Crippen molar-refractivity contribution in [3.8, 4) is 0 Å². The first kappa shape index (κ1) is 13.1. The van der Waals surface area contributed by atoms with E-state index in [4.69, 9.17) is 5.73 Å². The fraction of sp³-hybridized carbons (Fsp3) is 0.364. The van der Waals surface area contributed by atoms with Crippen LogP contribution in [0.5, 0.6) is 0 Å². The van der Waals surface area contributed by atoms with Crippen molar-refractivity contribution in [1.29, 1.82) is 0 Å². The van der Waals surface area contributed by atoms with Gasteiger partial charge in [-0.05, 0) is 24.6 Å². The largest absolute Gasteiger partial charge is 0.327 e. The summed E-state index contributed by atoms with van der Waals surface area (Å²) in [7, 11) is 0. The molecule has 0 spiro atoms. The molecule has 1 amide bonds. The van der Waals surface area contributed by atoms with Crippen LogP contribution in [0.4, 0.5) is 10.1 Å². The van der Waals surface area contributed by atoms with Gasteiger partial charge in [0.05, 0.1) is 5.69 Å². The summed E-state index contributed by atoms with van der Waals surface area (Å²) in [6.07, 6.45) is 0.914. The third-order valence-corrected chi connectivity index (χ3v) is 2.67. The molecule has 3 nitrogen and oxygen atoms in total. The van der Waals surface area contributed by atoms with E-state index in [2.05, 4.69) is 21.2 Å². The smallest absolute Gasteiger partial charge is 0.226 e. The molecule has 0 bridgehead atoms. The van der Waals surface area contributed by atoms with Gasteiger partial charge in [-0.1, -0.05) is 22.9 Å². The van der Waals surface area contributed by atoms with Crippen molar-refractivity contribution in [3.63, 3.8) is 0 Å². The number of carbonyl (C=O) groups excluding carboxylic acids is 1. The minimum absolute atomic E-state index is 0.169. The van der Waals surface area contributed by atoms with E-state index in [9.17, 15) is 9.18 Å². The zero-order valence-electron chi connectivity index (χ0n) is 8.97. The molecule has 1 aromatic carbocycles. The first-order valence-corrected chi connectivity index (χ1v) is 5.82. The summed E-state index contributed by atoms with van der Waals surface area (Å²) in [4.78, 5) is 11.5. The lowest BCUT2D eigenvalue weighted by Crippen LogP contribution is -2.26. The standard InChI is InChI=1S/C11H14BrFN2O/c1-2-8(14)6-11(16)15-10-5-7(12)3-4-9(10)13/h3-5,8H,2,6,14H2,1H3,(H,15,16). The first-order chi connectivity index (χ1) is 7.52. The van der Waals surface area contributed by atoms with E-state index in [1.54, 1.807) is 6.07 Å². The van der Waals surface area contributed by atoms with E-state index in [0.717, 1.165) is 0 Å². The minimum Gasteiger partial charge on any atom is -0.327 e. The van der Waals surface area contributed by atoms with Crippen molar-refractivity contribution in [2.45, 2.75) is 25.8 Å². The fourth-order valence-electron chi connectivity index (χ4n) is 1.18. The van der Waals surface area contributed by atoms with Crippen LogP contribution >= 0.6 is 15.9 Å². The van der Waals surface area contributed by atoms with Gasteiger partial charge in [0, 0.05) is 16.9 Å². The molecule has 0 heterocycles. The highest BCUT2D eigenvalue weighted by Crippen LogP contribution is 2.20. The highest BCUT2D eigenvalue weighted by atomic mass is 79.9. The van der Waals surface area contributed by atoms with Gasteiger partial charge in [-0.3, -0.25) is 4.79 Å². The number of nitrogens with two attached hydrogens (primary N) is 1. The van der Waals surface area contributed by atoms with Gasteiger partial charge >= 0.3 is 0 Å². The summed E-state index contributed by atoms with van der Waals surface area (Å²) in [6, 6.07) is 4.20. The average Bonchev–Trinajstić information content (AvgIpc) is 2.23. The lowest BCUT2D eigenvalue weighted by molar-refractivity contribution is -0.116. The summed E-state index contributed by atoms with van der Waals surface area (Å²) in [5.74, 6) is -0.729. The molecule has 0 radical (unpaired) electrons. The molecule has 3 N–H and O–H groups in total. The number of hydrogen-bond acceptors (Lipinski definition) is 2. The highest BCUT2D eigenvalue weighted by Gasteiger charge is 2.10. The van der Waals surface area contributed by atoms with Crippen LogP contribution in [-0.2, 0) is 4.79 Å². The zero-order valence-corrected chi connectivity index (χ0v) is 10.6. The number of rotatable bonds is 4. The molecule has 0 aliphatic heterocycles. The van der Waals surface area contributed by atoms with E-state index in [0.29, 0.717) is 10.9 Å². The quantitative estimate of drug-likeness (QED) is 0.895. The zero-order chi connectivity index (χ0) is 12.1. The number of anilines is 1. The van der Waals surface area contributed by atoms with E-state index in [1.165, 1.54) is 12.1 Å². The summed E-state index contributed by atoms with van der Waals surface area (Å²) >= 11 is 3.21. The molecular formula is C11H14BrFN2O. The average molecular weight is 289 g/mol. The van der Waals surface area contributed by atoms with Crippen molar-refractivity contribution in [3.05, 3.63) is 28.5 Å². The van der Waals surface area contributed by atoms with Crippen LogP contribution in [0.2, 0.25) is 0 Å². The Morgan fingerprint density at radius 2 is 2.31 bits per heavy atom. The molecule has 16 heavy (non-hydrogen) atoms. The maximum Gasteiger partial charge on any atom is 0.226 e. The Kier molecular flexibility index (Phi) is 4.89. The van der Waals surface area contributed by atoms with Crippen LogP contribution < -0.4 is 11.1 Å². The Bertz CT molecular complexity index is 384. The summed E-state index contributed by atoms with van der Waals surface area (Å²) in [5.41, 5.74) is 5.80. The predicted octanol–water partition coefficient (Wildman–Crippen LogP) is 2.65. The highest BCUT2D eigenvalue weighted by molar-refractivity contribution is 9.10. The molecule has 1 rings (SSSR count). The van der Waals surface area contributed by atoms with E-state index in [1.807, 2.05) is 6.92 Å². The van der Waals surface area contributed by atoms with Crippen LogP contribution in [0, 0.1) is 5.82 Å². The third kappa shape index (κ3) is 3.90. The number of benzene rings is 1. The molecular weight excluding hydrogens is 275 g/mol. The summed E-state index contributed by atoms with van der Waals surface area (Å²) < 4.78 is 14.0. The van der Waals surface area contributed by atoms with Crippen LogP contribution in [0.15, 0.2) is 22.7 Å². The number of amides is 1. The van der Waals surface area contributed by atoms with Crippen molar-refractivity contribution in [2.75, 3.05) is 5.32 Å². The molecule has 0 fully saturated rings. The van der Waals surface area contributed by atoms with Crippen LogP contribution in [0.1, 0.15) is 19.8 Å². The van der Waals surface area contributed by atoms with Crippen molar-refractivity contribution >= 4 is 27.5 Å². The van der Waals surface area contributed by atoms with Crippen LogP contribution in [0.3, 0.4) is 0 Å². The first-order valence-electron chi connectivity index (χ1n) is 5.03. The molecule has 0 aromatic heterocycles. The van der Waals surface area contributed by atoms with E-state index >= 15 is 0 Å². The lowest BCUT2D eigenvalue weighted by atomic mass is 10.1. The maximum atomic E-state index is 13.3. The fourth-order valence-corrected chi connectivity index (χ4v) is 1.54. The second kappa shape index (κ2) is 5.96. The van der Waals surface area contributed by atoms with Gasteiger partial charge in [0.15, 0.2) is 0 Å². The van der Waals surface area contributed by atoms with Crippen LogP contribution in [-0.4, -0.2) is 11.9 Å². The SMILES string of the molecule is CCC(N)CC(=O)Nc1cc(Br)ccc1F. The van der Waals surface area contributed by atoms with E-state index < -0.39 is 5.82 Å². The van der Waals surface area contributed by atoms with Gasteiger partial charge in [0.2, 0.25) is 5.91 Å². The molecule has 1 atom stereocenters. The van der Waals surface area contributed by atoms with Gasteiger partial charge in [0.1, 0.15) is 5.82 Å². The number of halogens is 2. The molecule has 0 aliphatic rings. The van der Waals surface area contributed by atoms with Gasteiger partial charge in [-0.2, -0.15) is 0 Å². The predicted molar refractivity (Wildman–Crippen MR) is 65.6 cm³/mol. The van der Waals surface area contributed by atoms with E-state index in [-0.39, 0.29) is 24.1 Å². The summed E-state index contributed by atoms with van der Waals surface area (Å²) in [6.45, 7) is 1.90. The second-order valence-corrected chi connectivity index (χ2v) is 4.46. The Morgan fingerprint density at radius 3 is 2.94 bits per heavy atom.